The smallest absolute Gasteiger partial charge is 0.253 e. The Hall–Kier alpha value is -1.75. The van der Waals surface area contributed by atoms with Crippen LogP contribution >= 0.6 is 0 Å². The number of carbonyl (C=O) groups is 1. The Labute approximate surface area is 125 Å². The molecule has 2 aliphatic rings. The maximum Gasteiger partial charge on any atom is 0.253 e. The van der Waals surface area contributed by atoms with Gasteiger partial charge in [-0.3, -0.25) is 4.79 Å². The molecular weight excluding hydrogens is 266 g/mol. The van der Waals surface area contributed by atoms with Crippen molar-refractivity contribution in [2.24, 2.45) is 0 Å². The van der Waals surface area contributed by atoms with Gasteiger partial charge in [0.05, 0.1) is 17.5 Å². The highest BCUT2D eigenvalue weighted by Crippen LogP contribution is 2.26. The molecule has 0 aromatic heterocycles. The van der Waals surface area contributed by atoms with Crippen LogP contribution in [0.4, 0.5) is 11.4 Å². The number of anilines is 2. The number of fused-ring (bicyclic) bond motifs is 1. The topological polar surface area (TPSA) is 53.6 Å². The van der Waals surface area contributed by atoms with Crippen LogP contribution in [-0.4, -0.2) is 50.2 Å². The Kier molecular flexibility index (Phi) is 4.29. The fourth-order valence-electron chi connectivity index (χ4n) is 2.93. The van der Waals surface area contributed by atoms with E-state index in [0.29, 0.717) is 6.54 Å². The van der Waals surface area contributed by atoms with E-state index in [1.807, 2.05) is 25.2 Å². The van der Waals surface area contributed by atoms with E-state index in [4.69, 9.17) is 4.74 Å². The second-order valence-corrected chi connectivity index (χ2v) is 5.79. The number of hydrogen-bond donors (Lipinski definition) is 2. The maximum absolute atomic E-state index is 12.5. The monoisotopic (exact) mass is 289 g/mol. The lowest BCUT2D eigenvalue weighted by Crippen LogP contribution is -2.37. The van der Waals surface area contributed by atoms with Crippen molar-refractivity contribution in [1.82, 2.24) is 4.90 Å². The molecule has 1 aromatic rings. The van der Waals surface area contributed by atoms with E-state index in [0.717, 1.165) is 49.5 Å². The minimum Gasteiger partial charge on any atom is -0.382 e. The molecule has 1 fully saturated rings. The van der Waals surface area contributed by atoms with Gasteiger partial charge in [-0.15, -0.1) is 0 Å². The van der Waals surface area contributed by atoms with Crippen LogP contribution in [0.15, 0.2) is 18.2 Å². The number of hydrogen-bond acceptors (Lipinski definition) is 4. The van der Waals surface area contributed by atoms with Crippen LogP contribution in [0, 0.1) is 0 Å². The standard InChI is InChI=1S/C16H23N3O2/c1-19(11-13-4-2-3-9-21-13)16(20)12-5-6-14-15(10-12)18-8-7-17-14/h5-6,10,13,17-18H,2-4,7-9,11H2,1H3. The zero-order chi connectivity index (χ0) is 14.7. The lowest BCUT2D eigenvalue weighted by molar-refractivity contribution is -0.000185. The minimum absolute atomic E-state index is 0.0550. The molecule has 114 valence electrons. The molecule has 1 aromatic carbocycles. The molecule has 1 atom stereocenters. The molecular formula is C16H23N3O2. The first-order valence-corrected chi connectivity index (χ1v) is 7.73. The second kappa shape index (κ2) is 6.35. The number of ether oxygens (including phenoxy) is 1. The molecule has 0 spiro atoms. The van der Waals surface area contributed by atoms with E-state index in [1.54, 1.807) is 4.90 Å². The molecule has 2 heterocycles. The van der Waals surface area contributed by atoms with E-state index in [2.05, 4.69) is 10.6 Å². The van der Waals surface area contributed by atoms with Gasteiger partial charge in [0, 0.05) is 38.9 Å². The molecule has 1 amide bonds. The Morgan fingerprint density at radius 2 is 2.10 bits per heavy atom. The van der Waals surface area contributed by atoms with Crippen LogP contribution in [0.25, 0.3) is 0 Å². The highest BCUT2D eigenvalue weighted by Gasteiger charge is 2.20. The molecule has 5 heteroatoms. The average molecular weight is 289 g/mol. The third kappa shape index (κ3) is 3.29. The quantitative estimate of drug-likeness (QED) is 0.895. The summed E-state index contributed by atoms with van der Waals surface area (Å²) in [4.78, 5) is 14.3. The van der Waals surface area contributed by atoms with Crippen molar-refractivity contribution < 1.29 is 9.53 Å². The Morgan fingerprint density at radius 1 is 1.29 bits per heavy atom. The van der Waals surface area contributed by atoms with Gasteiger partial charge in [0.25, 0.3) is 5.91 Å². The summed E-state index contributed by atoms with van der Waals surface area (Å²) in [5.74, 6) is 0.0550. The molecule has 3 rings (SSSR count). The normalized spacial score (nSPS) is 20.9. The summed E-state index contributed by atoms with van der Waals surface area (Å²) in [6.07, 6.45) is 3.57. The molecule has 2 N–H and O–H groups in total. The summed E-state index contributed by atoms with van der Waals surface area (Å²) in [6, 6.07) is 5.79. The lowest BCUT2D eigenvalue weighted by Gasteiger charge is -2.28. The summed E-state index contributed by atoms with van der Waals surface area (Å²) in [5, 5.41) is 6.64. The van der Waals surface area contributed by atoms with Crippen molar-refractivity contribution in [1.29, 1.82) is 0 Å². The molecule has 5 nitrogen and oxygen atoms in total. The number of amides is 1. The van der Waals surface area contributed by atoms with Crippen LogP contribution in [-0.2, 0) is 4.74 Å². The van der Waals surface area contributed by atoms with Crippen molar-refractivity contribution in [3.8, 4) is 0 Å². The van der Waals surface area contributed by atoms with Gasteiger partial charge in [0.1, 0.15) is 0 Å². The van der Waals surface area contributed by atoms with Gasteiger partial charge >= 0.3 is 0 Å². The first kappa shape index (κ1) is 14.2. The minimum atomic E-state index is 0.0550. The molecule has 0 radical (unpaired) electrons. The molecule has 21 heavy (non-hydrogen) atoms. The van der Waals surface area contributed by atoms with Crippen molar-refractivity contribution >= 4 is 17.3 Å². The number of nitrogens with zero attached hydrogens (tertiary/aromatic N) is 1. The summed E-state index contributed by atoms with van der Waals surface area (Å²) in [6.45, 7) is 3.29. The Balaban J connectivity index is 1.66. The van der Waals surface area contributed by atoms with Gasteiger partial charge in [-0.25, -0.2) is 0 Å². The van der Waals surface area contributed by atoms with Crippen molar-refractivity contribution in [2.75, 3.05) is 43.9 Å². The Bertz CT molecular complexity index is 512. The number of nitrogens with one attached hydrogen (secondary N) is 2. The molecule has 0 saturated carbocycles. The fourth-order valence-corrected chi connectivity index (χ4v) is 2.93. The molecule has 1 unspecified atom stereocenters. The number of likely N-dealkylation sites (N-methyl/N-ethyl adjacent to an activating group) is 1. The van der Waals surface area contributed by atoms with E-state index in [1.165, 1.54) is 6.42 Å². The number of rotatable bonds is 3. The van der Waals surface area contributed by atoms with E-state index >= 15 is 0 Å². The molecule has 1 saturated heterocycles. The third-order valence-corrected chi connectivity index (χ3v) is 4.12. The van der Waals surface area contributed by atoms with Crippen molar-refractivity contribution in [3.05, 3.63) is 23.8 Å². The average Bonchev–Trinajstić information content (AvgIpc) is 2.54. The van der Waals surface area contributed by atoms with Gasteiger partial charge in [-0.2, -0.15) is 0 Å². The van der Waals surface area contributed by atoms with E-state index < -0.39 is 0 Å². The van der Waals surface area contributed by atoms with Crippen LogP contribution < -0.4 is 10.6 Å². The highest BCUT2D eigenvalue weighted by atomic mass is 16.5. The lowest BCUT2D eigenvalue weighted by atomic mass is 10.1. The van der Waals surface area contributed by atoms with Crippen LogP contribution in [0.2, 0.25) is 0 Å². The second-order valence-electron chi connectivity index (χ2n) is 5.79. The fraction of sp³-hybridized carbons (Fsp3) is 0.562. The summed E-state index contributed by atoms with van der Waals surface area (Å²) in [7, 11) is 1.85. The Morgan fingerprint density at radius 3 is 2.86 bits per heavy atom. The van der Waals surface area contributed by atoms with Crippen molar-refractivity contribution in [2.45, 2.75) is 25.4 Å². The van der Waals surface area contributed by atoms with Crippen molar-refractivity contribution in [3.63, 3.8) is 0 Å². The summed E-state index contributed by atoms with van der Waals surface area (Å²) in [5.41, 5.74) is 2.80. The number of benzene rings is 1. The van der Waals surface area contributed by atoms with Gasteiger partial charge in [-0.05, 0) is 37.5 Å². The van der Waals surface area contributed by atoms with E-state index in [9.17, 15) is 4.79 Å². The predicted octanol–water partition coefficient (Wildman–Crippen LogP) is 2.17. The predicted molar refractivity (Wildman–Crippen MR) is 84.0 cm³/mol. The SMILES string of the molecule is CN(CC1CCCCO1)C(=O)c1ccc2c(c1)NCCN2. The summed E-state index contributed by atoms with van der Waals surface area (Å²) < 4.78 is 5.71. The van der Waals surface area contributed by atoms with Gasteiger partial charge in [0.2, 0.25) is 0 Å². The zero-order valence-electron chi connectivity index (χ0n) is 12.5. The summed E-state index contributed by atoms with van der Waals surface area (Å²) >= 11 is 0. The molecule has 2 aliphatic heterocycles. The largest absolute Gasteiger partial charge is 0.382 e. The van der Waals surface area contributed by atoms with E-state index in [-0.39, 0.29) is 12.0 Å². The maximum atomic E-state index is 12.5. The zero-order valence-corrected chi connectivity index (χ0v) is 12.5. The molecule has 0 bridgehead atoms. The first-order chi connectivity index (χ1) is 10.2. The van der Waals surface area contributed by atoms with Gasteiger partial charge < -0.3 is 20.3 Å². The van der Waals surface area contributed by atoms with Crippen LogP contribution in [0.3, 0.4) is 0 Å². The van der Waals surface area contributed by atoms with Gasteiger partial charge in [0.15, 0.2) is 0 Å². The van der Waals surface area contributed by atoms with Gasteiger partial charge in [-0.1, -0.05) is 0 Å². The van der Waals surface area contributed by atoms with Crippen LogP contribution in [0.5, 0.6) is 0 Å². The molecule has 0 aliphatic carbocycles. The number of carbonyl (C=O) groups excluding carboxylic acids is 1. The third-order valence-electron chi connectivity index (χ3n) is 4.12. The highest BCUT2D eigenvalue weighted by molar-refractivity contribution is 5.96. The van der Waals surface area contributed by atoms with Crippen LogP contribution in [0.1, 0.15) is 29.6 Å². The first-order valence-electron chi connectivity index (χ1n) is 7.73.